The number of anilines is 1. The molecule has 2 aromatic carbocycles. The molecule has 0 unspecified atom stereocenters. The summed E-state index contributed by atoms with van der Waals surface area (Å²) < 4.78 is 14.2. The Hall–Kier alpha value is -1.29. The molecule has 0 spiro atoms. The molecule has 0 amide bonds. The number of hydrogen-bond donors (Lipinski definition) is 0. The molecule has 2 bridgehead atoms. The van der Waals surface area contributed by atoms with Crippen LogP contribution in [0.15, 0.2) is 36.4 Å². The van der Waals surface area contributed by atoms with E-state index in [1.54, 1.807) is 17.2 Å². The van der Waals surface area contributed by atoms with Gasteiger partial charge >= 0.3 is 0 Å². The summed E-state index contributed by atoms with van der Waals surface area (Å²) in [5.74, 6) is -0.292. The third kappa shape index (κ3) is 2.11. The van der Waals surface area contributed by atoms with Gasteiger partial charge in [0, 0.05) is 28.5 Å². The highest BCUT2D eigenvalue weighted by molar-refractivity contribution is 6.31. The standard InChI is InChI=1S/C16H12Cl2FNO/c17-10-4-5-14-9(6-10)7-11-8-15(20(14)21-11)16-12(18)2-1-3-13(16)19/h1-6,11,15H,7-8H2/t11-,15-/m0/s1. The molecule has 2 nitrogen and oxygen atoms in total. The number of rotatable bonds is 1. The molecule has 0 N–H and O–H groups in total. The molecule has 1 saturated heterocycles. The van der Waals surface area contributed by atoms with Crippen LogP contribution >= 0.6 is 23.2 Å². The number of halogens is 3. The van der Waals surface area contributed by atoms with Gasteiger partial charge in [-0.2, -0.15) is 0 Å². The van der Waals surface area contributed by atoms with Crippen LogP contribution in [0.4, 0.5) is 10.1 Å². The fourth-order valence-electron chi connectivity index (χ4n) is 3.21. The number of hydroxylamine groups is 1. The van der Waals surface area contributed by atoms with Gasteiger partial charge in [-0.15, -0.1) is 0 Å². The van der Waals surface area contributed by atoms with Crippen molar-refractivity contribution >= 4 is 28.9 Å². The van der Waals surface area contributed by atoms with E-state index in [2.05, 4.69) is 0 Å². The van der Waals surface area contributed by atoms with Crippen LogP contribution in [-0.4, -0.2) is 6.10 Å². The van der Waals surface area contributed by atoms with Gasteiger partial charge < -0.3 is 0 Å². The minimum Gasteiger partial charge on any atom is -0.269 e. The maximum absolute atomic E-state index is 14.2. The fraction of sp³-hybridized carbons (Fsp3) is 0.250. The van der Waals surface area contributed by atoms with E-state index in [4.69, 9.17) is 28.0 Å². The molecule has 0 aliphatic carbocycles. The molecule has 5 heteroatoms. The zero-order valence-corrected chi connectivity index (χ0v) is 12.5. The zero-order valence-electron chi connectivity index (χ0n) is 11.0. The van der Waals surface area contributed by atoms with Gasteiger partial charge in [0.25, 0.3) is 0 Å². The van der Waals surface area contributed by atoms with Crippen molar-refractivity contribution in [1.29, 1.82) is 0 Å². The van der Waals surface area contributed by atoms with Gasteiger partial charge in [0.1, 0.15) is 5.82 Å². The molecule has 2 atom stereocenters. The first-order chi connectivity index (χ1) is 10.1. The summed E-state index contributed by atoms with van der Waals surface area (Å²) in [6, 6.07) is 10.3. The van der Waals surface area contributed by atoms with Crippen LogP contribution in [0.25, 0.3) is 0 Å². The molecular formula is C16H12Cl2FNO. The topological polar surface area (TPSA) is 12.5 Å². The van der Waals surface area contributed by atoms with E-state index in [-0.39, 0.29) is 18.0 Å². The van der Waals surface area contributed by atoms with Crippen molar-refractivity contribution in [1.82, 2.24) is 0 Å². The second kappa shape index (κ2) is 4.87. The second-order valence-corrected chi connectivity index (χ2v) is 6.26. The van der Waals surface area contributed by atoms with Crippen molar-refractivity contribution in [3.8, 4) is 0 Å². The Kier molecular flexibility index (Phi) is 3.10. The van der Waals surface area contributed by atoms with E-state index < -0.39 is 0 Å². The monoisotopic (exact) mass is 323 g/mol. The molecule has 0 radical (unpaired) electrons. The maximum Gasteiger partial charge on any atom is 0.130 e. The molecule has 2 aromatic rings. The Morgan fingerprint density at radius 3 is 2.86 bits per heavy atom. The number of fused-ring (bicyclic) bond motifs is 4. The Bertz CT molecular complexity index is 701. The lowest BCUT2D eigenvalue weighted by atomic mass is 10.00. The third-order valence-electron chi connectivity index (χ3n) is 4.09. The number of benzene rings is 2. The summed E-state index contributed by atoms with van der Waals surface area (Å²) >= 11 is 12.3. The minimum absolute atomic E-state index is 0.0386. The van der Waals surface area contributed by atoms with E-state index in [0.29, 0.717) is 22.0 Å². The minimum atomic E-state index is -0.292. The normalized spacial score (nSPS) is 23.3. The van der Waals surface area contributed by atoms with E-state index >= 15 is 0 Å². The van der Waals surface area contributed by atoms with Crippen LogP contribution in [0.2, 0.25) is 10.0 Å². The molecule has 0 saturated carbocycles. The van der Waals surface area contributed by atoms with Crippen molar-refractivity contribution in [3.05, 3.63) is 63.4 Å². The van der Waals surface area contributed by atoms with Gasteiger partial charge in [0.15, 0.2) is 0 Å². The van der Waals surface area contributed by atoms with Crippen LogP contribution in [0.3, 0.4) is 0 Å². The molecule has 108 valence electrons. The zero-order chi connectivity index (χ0) is 14.6. The van der Waals surface area contributed by atoms with Gasteiger partial charge in [-0.1, -0.05) is 29.3 Å². The summed E-state index contributed by atoms with van der Waals surface area (Å²) in [6.07, 6.45) is 1.54. The van der Waals surface area contributed by atoms with Gasteiger partial charge in [-0.05, 0) is 35.9 Å². The fourth-order valence-corrected chi connectivity index (χ4v) is 3.69. The van der Waals surface area contributed by atoms with E-state index in [9.17, 15) is 4.39 Å². The summed E-state index contributed by atoms with van der Waals surface area (Å²) in [5, 5.41) is 2.92. The second-order valence-electron chi connectivity index (χ2n) is 5.42. The van der Waals surface area contributed by atoms with Crippen molar-refractivity contribution in [3.63, 3.8) is 0 Å². The summed E-state index contributed by atoms with van der Waals surface area (Å²) in [6.45, 7) is 0. The van der Waals surface area contributed by atoms with Gasteiger partial charge in [-0.25, -0.2) is 9.45 Å². The molecule has 2 heterocycles. The predicted molar refractivity (Wildman–Crippen MR) is 81.3 cm³/mol. The van der Waals surface area contributed by atoms with Crippen LogP contribution in [0.5, 0.6) is 0 Å². The maximum atomic E-state index is 14.2. The molecule has 4 rings (SSSR count). The highest BCUT2D eigenvalue weighted by Gasteiger charge is 2.41. The lowest BCUT2D eigenvalue weighted by molar-refractivity contribution is 0.0733. The first-order valence-corrected chi connectivity index (χ1v) is 7.57. The number of hydrogen-bond acceptors (Lipinski definition) is 2. The number of nitrogens with zero attached hydrogens (tertiary/aromatic N) is 1. The largest absolute Gasteiger partial charge is 0.269 e. The average molecular weight is 324 g/mol. The highest BCUT2D eigenvalue weighted by atomic mass is 35.5. The van der Waals surface area contributed by atoms with Crippen LogP contribution in [0.1, 0.15) is 23.6 Å². The Labute approximate surface area is 132 Å². The summed E-state index contributed by atoms with van der Waals surface area (Å²) in [5.41, 5.74) is 2.58. The lowest BCUT2D eigenvalue weighted by Gasteiger charge is -2.30. The summed E-state index contributed by atoms with van der Waals surface area (Å²) in [4.78, 5) is 5.91. The van der Waals surface area contributed by atoms with Gasteiger partial charge in [0.05, 0.1) is 17.8 Å². The van der Waals surface area contributed by atoms with Gasteiger partial charge in [-0.3, -0.25) is 4.84 Å². The van der Waals surface area contributed by atoms with Crippen LogP contribution in [0, 0.1) is 5.82 Å². The van der Waals surface area contributed by atoms with Crippen molar-refractivity contribution in [2.24, 2.45) is 0 Å². The lowest BCUT2D eigenvalue weighted by Crippen LogP contribution is -2.28. The quantitative estimate of drug-likeness (QED) is 0.737. The average Bonchev–Trinajstić information content (AvgIpc) is 2.76. The van der Waals surface area contributed by atoms with E-state index in [0.717, 1.165) is 17.7 Å². The van der Waals surface area contributed by atoms with Crippen LogP contribution in [-0.2, 0) is 11.3 Å². The smallest absolute Gasteiger partial charge is 0.130 e. The first kappa shape index (κ1) is 13.4. The molecular weight excluding hydrogens is 312 g/mol. The molecule has 2 aliphatic rings. The third-order valence-corrected chi connectivity index (χ3v) is 4.66. The Balaban J connectivity index is 1.82. The first-order valence-electron chi connectivity index (χ1n) is 6.82. The Morgan fingerprint density at radius 1 is 1.19 bits per heavy atom. The predicted octanol–water partition coefficient (Wildman–Crippen LogP) is 4.94. The van der Waals surface area contributed by atoms with E-state index in [1.165, 1.54) is 6.07 Å². The Morgan fingerprint density at radius 2 is 2.05 bits per heavy atom. The molecule has 0 aromatic heterocycles. The molecule has 2 aliphatic heterocycles. The highest BCUT2D eigenvalue weighted by Crippen LogP contribution is 2.47. The molecule has 1 fully saturated rings. The van der Waals surface area contributed by atoms with Gasteiger partial charge in [0.2, 0.25) is 0 Å². The van der Waals surface area contributed by atoms with E-state index in [1.807, 2.05) is 18.2 Å². The summed E-state index contributed by atoms with van der Waals surface area (Å²) in [7, 11) is 0. The molecule has 21 heavy (non-hydrogen) atoms. The van der Waals surface area contributed by atoms with Crippen LogP contribution < -0.4 is 5.06 Å². The van der Waals surface area contributed by atoms with Crippen molar-refractivity contribution in [2.75, 3.05) is 5.06 Å². The van der Waals surface area contributed by atoms with Crippen molar-refractivity contribution < 1.29 is 9.23 Å². The van der Waals surface area contributed by atoms with Crippen molar-refractivity contribution in [2.45, 2.75) is 25.0 Å². The SMILES string of the molecule is Fc1cccc(Cl)c1[C@@H]1C[C@@H]2Cc3cc(Cl)ccc3N1O2.